The summed E-state index contributed by atoms with van der Waals surface area (Å²) in [7, 11) is -1.20. The van der Waals surface area contributed by atoms with E-state index in [0.717, 1.165) is 6.42 Å². The van der Waals surface area contributed by atoms with Crippen molar-refractivity contribution in [3.05, 3.63) is 47.4 Å². The van der Waals surface area contributed by atoms with Gasteiger partial charge in [0.25, 0.3) is 0 Å². The van der Waals surface area contributed by atoms with Crippen LogP contribution >= 0.6 is 0 Å². The van der Waals surface area contributed by atoms with Gasteiger partial charge in [0.05, 0.1) is 8.07 Å². The fourth-order valence-corrected chi connectivity index (χ4v) is 3.81. The van der Waals surface area contributed by atoms with E-state index in [2.05, 4.69) is 48.9 Å². The fraction of sp³-hybridized carbons (Fsp3) is 0.308. The van der Waals surface area contributed by atoms with Crippen LogP contribution in [0, 0.1) is 0 Å². The fourth-order valence-electron chi connectivity index (χ4n) is 2.03. The van der Waals surface area contributed by atoms with Gasteiger partial charge in [0.2, 0.25) is 0 Å². The Morgan fingerprint density at radius 2 is 1.73 bits per heavy atom. The topological polar surface area (TPSA) is 12.9 Å². The van der Waals surface area contributed by atoms with Gasteiger partial charge in [-0.15, -0.1) is 0 Å². The molecule has 0 atom stereocenters. The molecule has 2 rings (SSSR count). The number of nitrogens with zero attached hydrogens (tertiary/aromatic N) is 1. The summed E-state index contributed by atoms with van der Waals surface area (Å²) in [5.74, 6) is 0. The van der Waals surface area contributed by atoms with Crippen LogP contribution in [0.15, 0.2) is 41.9 Å². The molecule has 1 nitrogen and oxygen atoms in total. The third-order valence-electron chi connectivity index (χ3n) is 2.73. The van der Waals surface area contributed by atoms with E-state index in [1.165, 1.54) is 11.1 Å². The van der Waals surface area contributed by atoms with Crippen LogP contribution in [-0.2, 0) is 0 Å². The van der Waals surface area contributed by atoms with Crippen LogP contribution in [0.2, 0.25) is 19.6 Å². The van der Waals surface area contributed by atoms with Crippen molar-refractivity contribution < 1.29 is 0 Å². The highest BCUT2D eigenvalue weighted by molar-refractivity contribution is 6.85. The zero-order chi connectivity index (χ0) is 10.9. The van der Waals surface area contributed by atoms with Crippen molar-refractivity contribution in [2.75, 3.05) is 0 Å². The van der Waals surface area contributed by atoms with E-state index in [4.69, 9.17) is 0 Å². The Morgan fingerprint density at radius 3 is 2.33 bits per heavy atom. The van der Waals surface area contributed by atoms with Crippen LogP contribution in [-0.4, -0.2) is 13.1 Å². The molecule has 0 saturated carbocycles. The number of pyridine rings is 1. The SMILES string of the molecule is C[Si](C)(C)C1=CCC=C1c1ccncc1. The molecule has 0 radical (unpaired) electrons. The molecule has 0 saturated heterocycles. The second-order valence-corrected chi connectivity index (χ2v) is 10.00. The zero-order valence-electron chi connectivity index (χ0n) is 9.62. The lowest BCUT2D eigenvalue weighted by atomic mass is 10.1. The van der Waals surface area contributed by atoms with Gasteiger partial charge in [0.15, 0.2) is 0 Å². The summed E-state index contributed by atoms with van der Waals surface area (Å²) in [6.45, 7) is 7.21. The van der Waals surface area contributed by atoms with Crippen LogP contribution in [0.4, 0.5) is 0 Å². The van der Waals surface area contributed by atoms with Gasteiger partial charge in [-0.2, -0.15) is 0 Å². The number of allylic oxidation sites excluding steroid dienone is 4. The quantitative estimate of drug-likeness (QED) is 0.686. The number of rotatable bonds is 2. The first-order chi connectivity index (χ1) is 7.09. The number of hydrogen-bond donors (Lipinski definition) is 0. The maximum Gasteiger partial charge on any atom is 0.0779 e. The highest BCUT2D eigenvalue weighted by Crippen LogP contribution is 2.34. The van der Waals surface area contributed by atoms with E-state index in [0.29, 0.717) is 0 Å². The Balaban J connectivity index is 2.37. The molecule has 0 bridgehead atoms. The molecule has 0 aliphatic heterocycles. The summed E-state index contributed by atoms with van der Waals surface area (Å²) >= 11 is 0. The third kappa shape index (κ3) is 2.10. The van der Waals surface area contributed by atoms with Crippen LogP contribution < -0.4 is 0 Å². The highest BCUT2D eigenvalue weighted by atomic mass is 28.3. The third-order valence-corrected chi connectivity index (χ3v) is 4.82. The van der Waals surface area contributed by atoms with E-state index in [-0.39, 0.29) is 0 Å². The molecule has 0 N–H and O–H groups in total. The minimum absolute atomic E-state index is 1.09. The summed E-state index contributed by atoms with van der Waals surface area (Å²) in [4.78, 5) is 4.07. The van der Waals surface area contributed by atoms with E-state index >= 15 is 0 Å². The summed E-state index contributed by atoms with van der Waals surface area (Å²) < 4.78 is 0. The van der Waals surface area contributed by atoms with Gasteiger partial charge in [-0.05, 0) is 29.7 Å². The van der Waals surface area contributed by atoms with Crippen LogP contribution in [0.3, 0.4) is 0 Å². The molecule has 2 heteroatoms. The van der Waals surface area contributed by atoms with Crippen LogP contribution in [0.25, 0.3) is 5.57 Å². The molecule has 1 heterocycles. The summed E-state index contributed by atoms with van der Waals surface area (Å²) in [5.41, 5.74) is 2.76. The molecule has 15 heavy (non-hydrogen) atoms. The van der Waals surface area contributed by atoms with Crippen molar-refractivity contribution in [3.63, 3.8) is 0 Å². The molecule has 1 aromatic rings. The molecule has 0 fully saturated rings. The van der Waals surface area contributed by atoms with Crippen molar-refractivity contribution >= 4 is 13.6 Å². The molecule has 1 aromatic heterocycles. The standard InChI is InChI=1S/C13H17NSi/c1-15(2,3)13-6-4-5-12(13)11-7-9-14-10-8-11/h5-10H,4H2,1-3H3. The highest BCUT2D eigenvalue weighted by Gasteiger charge is 2.25. The van der Waals surface area contributed by atoms with E-state index in [9.17, 15) is 0 Å². The molecule has 78 valence electrons. The predicted octanol–water partition coefficient (Wildman–Crippen LogP) is 3.67. The van der Waals surface area contributed by atoms with Gasteiger partial charge >= 0.3 is 0 Å². The first-order valence-electron chi connectivity index (χ1n) is 5.40. The molecule has 1 aliphatic rings. The van der Waals surface area contributed by atoms with Crippen molar-refractivity contribution in [3.8, 4) is 0 Å². The lowest BCUT2D eigenvalue weighted by Gasteiger charge is -2.21. The molecular formula is C13H17NSi. The van der Waals surface area contributed by atoms with Gasteiger partial charge in [-0.3, -0.25) is 4.98 Å². The van der Waals surface area contributed by atoms with Gasteiger partial charge in [-0.25, -0.2) is 0 Å². The molecule has 0 spiro atoms. The largest absolute Gasteiger partial charge is 0.265 e. The summed E-state index contributed by atoms with van der Waals surface area (Å²) in [6, 6.07) is 4.20. The van der Waals surface area contributed by atoms with Gasteiger partial charge in [-0.1, -0.05) is 37.0 Å². The zero-order valence-corrected chi connectivity index (χ0v) is 10.6. The number of aromatic nitrogens is 1. The Hall–Kier alpha value is -1.15. The monoisotopic (exact) mass is 215 g/mol. The Bertz CT molecular complexity index is 410. The van der Waals surface area contributed by atoms with E-state index in [1.807, 2.05) is 12.4 Å². The van der Waals surface area contributed by atoms with Gasteiger partial charge < -0.3 is 0 Å². The average Bonchev–Trinajstić information content (AvgIpc) is 2.67. The lowest BCUT2D eigenvalue weighted by molar-refractivity contribution is 1.32. The summed E-state index contributed by atoms with van der Waals surface area (Å²) in [5, 5.41) is 1.59. The van der Waals surface area contributed by atoms with E-state index in [1.54, 1.807) is 5.20 Å². The Labute approximate surface area is 92.6 Å². The average molecular weight is 215 g/mol. The first kappa shape index (κ1) is 10.4. The Kier molecular flexibility index (Phi) is 2.61. The molecule has 0 amide bonds. The lowest BCUT2D eigenvalue weighted by Crippen LogP contribution is -2.23. The minimum Gasteiger partial charge on any atom is -0.265 e. The predicted molar refractivity (Wildman–Crippen MR) is 68.3 cm³/mol. The normalized spacial score (nSPS) is 16.2. The smallest absolute Gasteiger partial charge is 0.0779 e. The first-order valence-corrected chi connectivity index (χ1v) is 8.90. The Morgan fingerprint density at radius 1 is 1.07 bits per heavy atom. The molecule has 1 aliphatic carbocycles. The maximum absolute atomic E-state index is 4.07. The van der Waals surface area contributed by atoms with Crippen molar-refractivity contribution in [2.45, 2.75) is 26.1 Å². The number of hydrogen-bond acceptors (Lipinski definition) is 1. The second kappa shape index (κ2) is 3.78. The maximum atomic E-state index is 4.07. The van der Waals surface area contributed by atoms with Crippen LogP contribution in [0.5, 0.6) is 0 Å². The van der Waals surface area contributed by atoms with Gasteiger partial charge in [0.1, 0.15) is 0 Å². The minimum atomic E-state index is -1.20. The van der Waals surface area contributed by atoms with E-state index < -0.39 is 8.07 Å². The second-order valence-electron chi connectivity index (χ2n) is 4.96. The van der Waals surface area contributed by atoms with Crippen molar-refractivity contribution in [1.29, 1.82) is 0 Å². The molecular weight excluding hydrogens is 198 g/mol. The van der Waals surface area contributed by atoms with Crippen molar-refractivity contribution in [2.24, 2.45) is 0 Å². The molecule has 0 aromatic carbocycles. The summed E-state index contributed by atoms with van der Waals surface area (Å²) in [6.07, 6.45) is 9.56. The molecule has 0 unspecified atom stereocenters. The van der Waals surface area contributed by atoms with Gasteiger partial charge in [0, 0.05) is 12.4 Å². The van der Waals surface area contributed by atoms with Crippen molar-refractivity contribution in [1.82, 2.24) is 4.98 Å². The van der Waals surface area contributed by atoms with Crippen LogP contribution in [0.1, 0.15) is 12.0 Å².